The maximum Gasteiger partial charge on any atom is 0.354 e. The lowest BCUT2D eigenvalue weighted by Crippen LogP contribution is -2.31. The molecule has 5 nitrogen and oxygen atoms in total. The smallest absolute Gasteiger partial charge is 0.354 e. The van der Waals surface area contributed by atoms with Crippen molar-refractivity contribution in [3.63, 3.8) is 0 Å². The van der Waals surface area contributed by atoms with E-state index in [2.05, 4.69) is 40.2 Å². The largest absolute Gasteiger partial charge is 0.496 e. The fourth-order valence-electron chi connectivity index (χ4n) is 5.35. The van der Waals surface area contributed by atoms with Gasteiger partial charge < -0.3 is 19.3 Å². The summed E-state index contributed by atoms with van der Waals surface area (Å²) >= 11 is 0. The molecule has 0 atom stereocenters. The molecule has 0 radical (unpaired) electrons. The van der Waals surface area contributed by atoms with Gasteiger partial charge in [-0.05, 0) is 74.2 Å². The van der Waals surface area contributed by atoms with Gasteiger partial charge in [-0.2, -0.15) is 0 Å². The number of piperidine rings is 1. The highest BCUT2D eigenvalue weighted by atomic mass is 16.5. The van der Waals surface area contributed by atoms with Gasteiger partial charge in [0.15, 0.2) is 0 Å². The van der Waals surface area contributed by atoms with Crippen molar-refractivity contribution in [2.45, 2.75) is 32.1 Å². The minimum Gasteiger partial charge on any atom is -0.496 e. The van der Waals surface area contributed by atoms with Crippen molar-refractivity contribution >= 4 is 17.1 Å². The lowest BCUT2D eigenvalue weighted by atomic mass is 9.87. The first-order valence-corrected chi connectivity index (χ1v) is 12.3. The normalized spacial score (nSPS) is 23.8. The highest BCUT2D eigenvalue weighted by molar-refractivity contribution is 6.14. The molecular formula is C28H35N2O3+. The van der Waals surface area contributed by atoms with Crippen LogP contribution in [0.4, 0.5) is 0 Å². The van der Waals surface area contributed by atoms with Crippen LogP contribution in [0.15, 0.2) is 53.8 Å². The summed E-state index contributed by atoms with van der Waals surface area (Å²) in [6.45, 7) is 6.34. The molecule has 1 aliphatic carbocycles. The predicted octanol–water partition coefficient (Wildman–Crippen LogP) is 4.59. The molecule has 4 aliphatic rings. The topological polar surface area (TPSA) is 36.2 Å². The van der Waals surface area contributed by atoms with Crippen LogP contribution < -0.4 is 4.74 Å². The van der Waals surface area contributed by atoms with Crippen LogP contribution in [-0.2, 0) is 9.16 Å². The van der Waals surface area contributed by atoms with Gasteiger partial charge in [-0.15, -0.1) is 0 Å². The average molecular weight is 448 g/mol. The first-order valence-electron chi connectivity index (χ1n) is 12.3. The Morgan fingerprint density at radius 3 is 2.73 bits per heavy atom. The number of nitrogens with zero attached hydrogens (tertiary/aromatic N) is 2. The quantitative estimate of drug-likeness (QED) is 0.363. The number of rotatable bonds is 6. The second-order valence-electron chi connectivity index (χ2n) is 9.16. The van der Waals surface area contributed by atoms with Crippen molar-refractivity contribution in [3.8, 4) is 5.75 Å². The van der Waals surface area contributed by atoms with Gasteiger partial charge in [0.1, 0.15) is 11.5 Å². The number of ketones is 1. The van der Waals surface area contributed by atoms with Gasteiger partial charge in [-0.3, -0.25) is 4.42 Å². The summed E-state index contributed by atoms with van der Waals surface area (Å²) in [6, 6.07) is 6.58. The second kappa shape index (κ2) is 10.0. The number of hydrogen-bond donors (Lipinski definition) is 0. The summed E-state index contributed by atoms with van der Waals surface area (Å²) in [7, 11) is 3.41. The lowest BCUT2D eigenvalue weighted by molar-refractivity contribution is -0.418. The van der Waals surface area contributed by atoms with Crippen LogP contribution in [0.5, 0.6) is 5.75 Å². The van der Waals surface area contributed by atoms with E-state index < -0.39 is 0 Å². The van der Waals surface area contributed by atoms with Gasteiger partial charge in [0, 0.05) is 30.9 Å². The predicted molar refractivity (Wildman–Crippen MR) is 133 cm³/mol. The molecule has 5 rings (SSSR count). The Labute approximate surface area is 197 Å². The molecule has 1 saturated heterocycles. The van der Waals surface area contributed by atoms with Crippen LogP contribution in [0.1, 0.15) is 43.2 Å². The SMILES string of the molecule is COC1=CC(=[O+]C)C(=C2CN3CCC=C3c3cc(OCCCN4CCCCC4)ccc32)C=C1. The first kappa shape index (κ1) is 22.0. The highest BCUT2D eigenvalue weighted by Crippen LogP contribution is 2.41. The first-order chi connectivity index (χ1) is 16.3. The molecular weight excluding hydrogens is 412 g/mol. The van der Waals surface area contributed by atoms with E-state index in [0.717, 1.165) is 61.9 Å². The molecule has 0 aromatic heterocycles. The van der Waals surface area contributed by atoms with Crippen molar-refractivity contribution < 1.29 is 13.9 Å². The van der Waals surface area contributed by atoms with Crippen LogP contribution >= 0.6 is 0 Å². The summed E-state index contributed by atoms with van der Waals surface area (Å²) in [5, 5.41) is 0. The number of likely N-dealkylation sites (tertiary alicyclic amines) is 1. The molecule has 0 amide bonds. The van der Waals surface area contributed by atoms with Crippen LogP contribution in [0, 0.1) is 0 Å². The molecule has 0 unspecified atom stereocenters. The van der Waals surface area contributed by atoms with E-state index in [-0.39, 0.29) is 0 Å². The molecule has 174 valence electrons. The molecule has 0 spiro atoms. The van der Waals surface area contributed by atoms with E-state index in [1.165, 1.54) is 54.7 Å². The van der Waals surface area contributed by atoms with Crippen LogP contribution in [-0.4, -0.2) is 69.1 Å². The monoisotopic (exact) mass is 447 g/mol. The molecule has 3 aliphatic heterocycles. The van der Waals surface area contributed by atoms with Crippen LogP contribution in [0.25, 0.3) is 11.3 Å². The number of benzene rings is 1. The van der Waals surface area contributed by atoms with Gasteiger partial charge in [0.2, 0.25) is 0 Å². The third-order valence-corrected chi connectivity index (χ3v) is 7.09. The standard InChI is InChI=1S/C28H35N2O3/c1-31-21-9-12-24(28(19-21)32-2)26-20-30-16-6-8-27(30)25-18-22(10-11-23(25)26)33-17-7-15-29-13-4-3-5-14-29/h8-12,18-19H,3-7,13-17,20H2,1-2H3/q+1. The summed E-state index contributed by atoms with van der Waals surface area (Å²) in [5.41, 5.74) is 6.28. The van der Waals surface area contributed by atoms with Crippen molar-refractivity contribution in [1.29, 1.82) is 0 Å². The van der Waals surface area contributed by atoms with Gasteiger partial charge >= 0.3 is 5.78 Å². The molecule has 33 heavy (non-hydrogen) atoms. The Balaban J connectivity index is 1.37. The Bertz CT molecular complexity index is 1040. The zero-order valence-electron chi connectivity index (χ0n) is 19.9. The van der Waals surface area contributed by atoms with Crippen molar-refractivity contribution in [2.75, 3.05) is 53.6 Å². The third-order valence-electron chi connectivity index (χ3n) is 7.09. The number of hydrogen-bond acceptors (Lipinski definition) is 4. The number of ether oxygens (including phenoxy) is 2. The van der Waals surface area contributed by atoms with Crippen LogP contribution in [0.3, 0.4) is 0 Å². The van der Waals surface area contributed by atoms with Crippen LogP contribution in [0.2, 0.25) is 0 Å². The number of fused-ring (bicyclic) bond motifs is 3. The van der Waals surface area contributed by atoms with E-state index in [1.807, 2.05) is 12.2 Å². The van der Waals surface area contributed by atoms with Gasteiger partial charge in [-0.25, -0.2) is 0 Å². The zero-order valence-corrected chi connectivity index (χ0v) is 19.9. The molecule has 1 aromatic rings. The third kappa shape index (κ3) is 4.65. The molecule has 3 heterocycles. The Kier molecular flexibility index (Phi) is 6.68. The van der Waals surface area contributed by atoms with E-state index in [9.17, 15) is 0 Å². The molecule has 0 saturated carbocycles. The maximum absolute atomic E-state index is 6.20. The summed E-state index contributed by atoms with van der Waals surface area (Å²) in [4.78, 5) is 5.05. The van der Waals surface area contributed by atoms with Gasteiger partial charge in [-0.1, -0.05) is 18.6 Å². The van der Waals surface area contributed by atoms with Gasteiger partial charge in [0.05, 0.1) is 25.4 Å². The minimum absolute atomic E-state index is 0.765. The number of methoxy groups -OCH3 is 1. The van der Waals surface area contributed by atoms with E-state index >= 15 is 0 Å². The summed E-state index contributed by atoms with van der Waals surface area (Å²) in [6.07, 6.45) is 14.7. The fourth-order valence-corrected chi connectivity index (χ4v) is 5.35. The van der Waals surface area contributed by atoms with E-state index in [1.54, 1.807) is 14.2 Å². The number of allylic oxidation sites excluding steroid dienone is 4. The Morgan fingerprint density at radius 1 is 1.03 bits per heavy atom. The van der Waals surface area contributed by atoms with Crippen molar-refractivity contribution in [3.05, 3.63) is 65.0 Å². The maximum atomic E-state index is 6.20. The Morgan fingerprint density at radius 2 is 1.91 bits per heavy atom. The average Bonchev–Trinajstić information content (AvgIpc) is 3.35. The minimum atomic E-state index is 0.765. The summed E-state index contributed by atoms with van der Waals surface area (Å²) in [5.74, 6) is 2.62. The fraction of sp³-hybridized carbons (Fsp3) is 0.464. The molecule has 0 N–H and O–H groups in total. The van der Waals surface area contributed by atoms with Crippen molar-refractivity contribution in [2.24, 2.45) is 0 Å². The molecule has 1 aromatic carbocycles. The van der Waals surface area contributed by atoms with E-state index in [0.29, 0.717) is 0 Å². The second-order valence-corrected chi connectivity index (χ2v) is 9.16. The lowest BCUT2D eigenvalue weighted by Gasteiger charge is -2.32. The molecule has 5 heteroatoms. The zero-order chi connectivity index (χ0) is 22.6. The Hall–Kier alpha value is -2.79. The van der Waals surface area contributed by atoms with Crippen molar-refractivity contribution in [1.82, 2.24) is 9.80 Å². The summed E-state index contributed by atoms with van der Waals surface area (Å²) < 4.78 is 17.4. The number of carbonyl (C=O) groups excluding carboxylic acids is 1. The molecule has 0 bridgehead atoms. The molecule has 1 fully saturated rings. The van der Waals surface area contributed by atoms with Gasteiger partial charge in [0.25, 0.3) is 7.11 Å². The van der Waals surface area contributed by atoms with E-state index in [4.69, 9.17) is 13.9 Å². The highest BCUT2D eigenvalue weighted by Gasteiger charge is 2.32.